The molecule has 136 valence electrons. The molecule has 0 saturated carbocycles. The van der Waals surface area contributed by atoms with Crippen molar-refractivity contribution >= 4 is 28.8 Å². The average molecular weight is 378 g/mol. The second-order valence-electron chi connectivity index (χ2n) is 5.63. The molecule has 0 fully saturated rings. The number of carbonyl (C=O) groups is 2. The first-order chi connectivity index (χ1) is 13.2. The molecule has 0 saturated heterocycles. The number of benzene rings is 1. The van der Waals surface area contributed by atoms with Gasteiger partial charge >= 0.3 is 0 Å². The lowest BCUT2D eigenvalue weighted by atomic mass is 10.1. The van der Waals surface area contributed by atoms with Crippen LogP contribution >= 0.6 is 11.3 Å². The quantitative estimate of drug-likeness (QED) is 0.618. The van der Waals surface area contributed by atoms with E-state index in [9.17, 15) is 9.59 Å². The number of thiazole rings is 1. The first-order valence-corrected chi connectivity index (χ1v) is 9.19. The van der Waals surface area contributed by atoms with Crippen LogP contribution in [-0.4, -0.2) is 28.3 Å². The van der Waals surface area contributed by atoms with Gasteiger partial charge in [0, 0.05) is 18.1 Å². The molecule has 0 spiro atoms. The molecule has 0 unspecified atom stereocenters. The van der Waals surface area contributed by atoms with Gasteiger partial charge < -0.3 is 10.6 Å². The van der Waals surface area contributed by atoms with Crippen molar-refractivity contribution in [1.29, 1.82) is 0 Å². The Balaban J connectivity index is 1.67. The van der Waals surface area contributed by atoms with E-state index in [1.165, 1.54) is 11.3 Å². The molecule has 0 radical (unpaired) electrons. The molecule has 2 heterocycles. The van der Waals surface area contributed by atoms with E-state index in [-0.39, 0.29) is 18.2 Å². The van der Waals surface area contributed by atoms with E-state index in [2.05, 4.69) is 27.2 Å². The highest BCUT2D eigenvalue weighted by molar-refractivity contribution is 7.13. The van der Waals surface area contributed by atoms with Gasteiger partial charge in [-0.05, 0) is 24.3 Å². The van der Waals surface area contributed by atoms with Crippen molar-refractivity contribution in [2.45, 2.75) is 6.42 Å². The van der Waals surface area contributed by atoms with Crippen LogP contribution in [0.1, 0.15) is 16.1 Å². The van der Waals surface area contributed by atoms with Crippen LogP contribution in [0.5, 0.6) is 0 Å². The molecule has 0 aliphatic carbocycles. The molecule has 2 aromatic heterocycles. The number of aromatic nitrogens is 2. The van der Waals surface area contributed by atoms with Crippen molar-refractivity contribution in [2.75, 3.05) is 11.9 Å². The Kier molecular flexibility index (Phi) is 6.06. The highest BCUT2D eigenvalue weighted by atomic mass is 32.1. The van der Waals surface area contributed by atoms with Crippen molar-refractivity contribution < 1.29 is 9.59 Å². The minimum absolute atomic E-state index is 0.117. The van der Waals surface area contributed by atoms with Gasteiger partial charge in [0.05, 0.1) is 29.1 Å². The molecule has 7 heteroatoms. The molecule has 6 nitrogen and oxygen atoms in total. The third-order valence-electron chi connectivity index (χ3n) is 3.63. The van der Waals surface area contributed by atoms with Gasteiger partial charge in [-0.2, -0.15) is 0 Å². The Labute approximate surface area is 161 Å². The largest absolute Gasteiger partial charge is 0.349 e. The second kappa shape index (κ2) is 8.86. The minimum Gasteiger partial charge on any atom is -0.349 e. The highest BCUT2D eigenvalue weighted by Gasteiger charge is 2.14. The van der Waals surface area contributed by atoms with Gasteiger partial charge in [-0.3, -0.25) is 14.6 Å². The summed E-state index contributed by atoms with van der Waals surface area (Å²) >= 11 is 1.44. The lowest BCUT2D eigenvalue weighted by molar-refractivity contribution is -0.115. The van der Waals surface area contributed by atoms with Crippen molar-refractivity contribution in [2.24, 2.45) is 0 Å². The number of amides is 2. The standard InChI is InChI=1S/C20H18N4O2S/c1-2-10-22-19(26)15-7-3-4-8-16(15)24-18(25)12-14-13-27-20(23-14)17-9-5-6-11-21-17/h2-9,11,13H,1,10,12H2,(H,22,26)(H,24,25). The maximum absolute atomic E-state index is 12.4. The number of rotatable bonds is 7. The van der Waals surface area contributed by atoms with E-state index in [1.54, 1.807) is 36.5 Å². The summed E-state index contributed by atoms with van der Waals surface area (Å²) in [5.41, 5.74) is 2.30. The normalized spacial score (nSPS) is 10.2. The molecule has 3 aromatic rings. The van der Waals surface area contributed by atoms with Crippen LogP contribution in [-0.2, 0) is 11.2 Å². The summed E-state index contributed by atoms with van der Waals surface area (Å²) in [6.07, 6.45) is 3.42. The molecule has 0 bridgehead atoms. The number of pyridine rings is 1. The third kappa shape index (κ3) is 4.86. The molecular weight excluding hydrogens is 360 g/mol. The van der Waals surface area contributed by atoms with Gasteiger partial charge in [0.15, 0.2) is 0 Å². The Bertz CT molecular complexity index is 953. The number of anilines is 1. The Morgan fingerprint density at radius 1 is 1.15 bits per heavy atom. The summed E-state index contributed by atoms with van der Waals surface area (Å²) < 4.78 is 0. The molecule has 1 aromatic carbocycles. The minimum atomic E-state index is -0.267. The van der Waals surface area contributed by atoms with Crippen LogP contribution in [0.2, 0.25) is 0 Å². The van der Waals surface area contributed by atoms with Crippen molar-refractivity contribution in [3.05, 3.63) is 78.0 Å². The zero-order valence-corrected chi connectivity index (χ0v) is 15.3. The summed E-state index contributed by atoms with van der Waals surface area (Å²) in [6.45, 7) is 3.93. The van der Waals surface area contributed by atoms with E-state index in [4.69, 9.17) is 0 Å². The van der Waals surface area contributed by atoms with E-state index in [0.29, 0.717) is 23.5 Å². The van der Waals surface area contributed by atoms with Crippen LogP contribution < -0.4 is 10.6 Å². The van der Waals surface area contributed by atoms with Crippen LogP contribution in [0.4, 0.5) is 5.69 Å². The highest BCUT2D eigenvalue weighted by Crippen LogP contribution is 2.22. The molecule has 0 atom stereocenters. The number of nitrogens with one attached hydrogen (secondary N) is 2. The first kappa shape index (κ1) is 18.5. The average Bonchev–Trinajstić information content (AvgIpc) is 3.15. The maximum Gasteiger partial charge on any atom is 0.253 e. The van der Waals surface area contributed by atoms with E-state index >= 15 is 0 Å². The van der Waals surface area contributed by atoms with Crippen molar-refractivity contribution in [1.82, 2.24) is 15.3 Å². The van der Waals surface area contributed by atoms with Gasteiger partial charge in [-0.1, -0.05) is 24.3 Å². The number of carbonyl (C=O) groups excluding carboxylic acids is 2. The Morgan fingerprint density at radius 3 is 2.74 bits per heavy atom. The lowest BCUT2D eigenvalue weighted by Crippen LogP contribution is -2.25. The summed E-state index contributed by atoms with van der Waals surface area (Å²) in [5.74, 6) is -0.506. The summed E-state index contributed by atoms with van der Waals surface area (Å²) in [5, 5.41) is 8.10. The van der Waals surface area contributed by atoms with E-state index in [1.807, 2.05) is 23.6 Å². The smallest absolute Gasteiger partial charge is 0.253 e. The Morgan fingerprint density at radius 2 is 1.96 bits per heavy atom. The summed E-state index contributed by atoms with van der Waals surface area (Å²) in [7, 11) is 0. The van der Waals surface area contributed by atoms with E-state index in [0.717, 1.165) is 10.7 Å². The molecular formula is C20H18N4O2S. The molecule has 2 N–H and O–H groups in total. The monoisotopic (exact) mass is 378 g/mol. The Hall–Kier alpha value is -3.32. The molecule has 0 aliphatic rings. The van der Waals surface area contributed by atoms with Gasteiger partial charge in [0.2, 0.25) is 5.91 Å². The number of para-hydroxylation sites is 1. The SMILES string of the molecule is C=CCNC(=O)c1ccccc1NC(=O)Cc1csc(-c2ccccn2)n1. The predicted octanol–water partition coefficient (Wildman–Crippen LogP) is 3.30. The van der Waals surface area contributed by atoms with Crippen LogP contribution in [0, 0.1) is 0 Å². The van der Waals surface area contributed by atoms with Gasteiger partial charge in [-0.15, -0.1) is 17.9 Å². The van der Waals surface area contributed by atoms with Crippen molar-refractivity contribution in [3.8, 4) is 10.7 Å². The van der Waals surface area contributed by atoms with Crippen molar-refractivity contribution in [3.63, 3.8) is 0 Å². The number of hydrogen-bond acceptors (Lipinski definition) is 5. The van der Waals surface area contributed by atoms with Crippen LogP contribution in [0.15, 0.2) is 66.7 Å². The van der Waals surface area contributed by atoms with Crippen LogP contribution in [0.3, 0.4) is 0 Å². The lowest BCUT2D eigenvalue weighted by Gasteiger charge is -2.10. The third-order valence-corrected chi connectivity index (χ3v) is 4.54. The predicted molar refractivity (Wildman–Crippen MR) is 107 cm³/mol. The zero-order chi connectivity index (χ0) is 19.1. The maximum atomic E-state index is 12.4. The molecule has 3 rings (SSSR count). The topological polar surface area (TPSA) is 84.0 Å². The van der Waals surface area contributed by atoms with Gasteiger partial charge in [-0.25, -0.2) is 4.98 Å². The fourth-order valence-corrected chi connectivity index (χ4v) is 3.20. The van der Waals surface area contributed by atoms with Gasteiger partial charge in [0.1, 0.15) is 5.01 Å². The number of nitrogens with zero attached hydrogens (tertiary/aromatic N) is 2. The fraction of sp³-hybridized carbons (Fsp3) is 0.100. The second-order valence-corrected chi connectivity index (χ2v) is 6.49. The van der Waals surface area contributed by atoms with Crippen LogP contribution in [0.25, 0.3) is 10.7 Å². The van der Waals surface area contributed by atoms with E-state index < -0.39 is 0 Å². The fourth-order valence-electron chi connectivity index (χ4n) is 2.40. The molecule has 2 amide bonds. The van der Waals surface area contributed by atoms with Gasteiger partial charge in [0.25, 0.3) is 5.91 Å². The summed E-state index contributed by atoms with van der Waals surface area (Å²) in [6, 6.07) is 12.5. The molecule has 0 aliphatic heterocycles. The summed E-state index contributed by atoms with van der Waals surface area (Å²) in [4.78, 5) is 33.3. The number of hydrogen-bond donors (Lipinski definition) is 2. The zero-order valence-electron chi connectivity index (χ0n) is 14.5. The molecule has 27 heavy (non-hydrogen) atoms. The first-order valence-electron chi connectivity index (χ1n) is 8.31.